The van der Waals surface area contributed by atoms with E-state index in [9.17, 15) is 4.79 Å². The van der Waals surface area contributed by atoms with Crippen molar-refractivity contribution in [3.63, 3.8) is 0 Å². The molecule has 0 spiro atoms. The van der Waals surface area contributed by atoms with Gasteiger partial charge in [-0.3, -0.25) is 4.79 Å². The molecule has 13 heavy (non-hydrogen) atoms. The molecule has 1 amide bonds. The standard InChI is InChI=1S/C10H18N2O/c1-2-3-6-9-12-10(13)7-4-5-8-11/h1H,3-9,11H2,(H,12,13). The average molecular weight is 182 g/mol. The summed E-state index contributed by atoms with van der Waals surface area (Å²) < 4.78 is 0. The van der Waals surface area contributed by atoms with Crippen LogP contribution in [0.15, 0.2) is 0 Å². The maximum Gasteiger partial charge on any atom is 0.219 e. The highest BCUT2D eigenvalue weighted by Gasteiger charge is 1.98. The molecule has 0 heterocycles. The number of amides is 1. The van der Waals surface area contributed by atoms with Crippen molar-refractivity contribution in [2.75, 3.05) is 13.1 Å². The van der Waals surface area contributed by atoms with E-state index >= 15 is 0 Å². The van der Waals surface area contributed by atoms with Gasteiger partial charge in [0.05, 0.1) is 0 Å². The van der Waals surface area contributed by atoms with Crippen LogP contribution in [0.4, 0.5) is 0 Å². The molecule has 0 saturated carbocycles. The summed E-state index contributed by atoms with van der Waals surface area (Å²) >= 11 is 0. The minimum absolute atomic E-state index is 0.102. The van der Waals surface area contributed by atoms with Gasteiger partial charge in [-0.1, -0.05) is 0 Å². The fourth-order valence-electron chi connectivity index (χ4n) is 0.937. The minimum atomic E-state index is 0.102. The van der Waals surface area contributed by atoms with Crippen LogP contribution in [0.3, 0.4) is 0 Å². The number of carbonyl (C=O) groups excluding carboxylic acids is 1. The van der Waals surface area contributed by atoms with Crippen LogP contribution in [0.25, 0.3) is 0 Å². The van der Waals surface area contributed by atoms with Gasteiger partial charge in [0.2, 0.25) is 5.91 Å². The third kappa shape index (κ3) is 8.90. The summed E-state index contributed by atoms with van der Waals surface area (Å²) in [7, 11) is 0. The van der Waals surface area contributed by atoms with Crippen molar-refractivity contribution in [1.82, 2.24) is 5.32 Å². The predicted octanol–water partition coefficient (Wildman–Crippen LogP) is 0.645. The highest BCUT2D eigenvalue weighted by Crippen LogP contribution is 1.93. The van der Waals surface area contributed by atoms with Gasteiger partial charge in [-0.15, -0.1) is 12.3 Å². The fourth-order valence-corrected chi connectivity index (χ4v) is 0.937. The molecular weight excluding hydrogens is 164 g/mol. The monoisotopic (exact) mass is 182 g/mol. The van der Waals surface area contributed by atoms with Crippen molar-refractivity contribution < 1.29 is 4.79 Å². The number of hydrogen-bond donors (Lipinski definition) is 2. The second-order valence-corrected chi connectivity index (χ2v) is 2.90. The van der Waals surface area contributed by atoms with Crippen LogP contribution in [0, 0.1) is 12.3 Å². The molecule has 3 heteroatoms. The first-order valence-electron chi connectivity index (χ1n) is 4.71. The highest BCUT2D eigenvalue weighted by molar-refractivity contribution is 5.75. The van der Waals surface area contributed by atoms with Crippen molar-refractivity contribution in [2.24, 2.45) is 5.73 Å². The Bertz CT molecular complexity index is 172. The molecule has 0 aliphatic heterocycles. The second-order valence-electron chi connectivity index (χ2n) is 2.90. The van der Waals surface area contributed by atoms with Gasteiger partial charge in [0.15, 0.2) is 0 Å². The minimum Gasteiger partial charge on any atom is -0.356 e. The molecule has 0 radical (unpaired) electrons. The molecular formula is C10H18N2O. The first kappa shape index (κ1) is 12.0. The molecule has 0 fully saturated rings. The van der Waals surface area contributed by atoms with Crippen LogP contribution in [-0.2, 0) is 4.79 Å². The molecule has 0 unspecified atom stereocenters. The SMILES string of the molecule is C#CCCCNC(=O)CCCCN. The summed E-state index contributed by atoms with van der Waals surface area (Å²) in [4.78, 5) is 11.1. The molecule has 0 bridgehead atoms. The Labute approximate surface area is 80.1 Å². The zero-order valence-corrected chi connectivity index (χ0v) is 8.01. The topological polar surface area (TPSA) is 55.1 Å². The van der Waals surface area contributed by atoms with Crippen LogP contribution in [0.2, 0.25) is 0 Å². The lowest BCUT2D eigenvalue weighted by atomic mass is 10.2. The lowest BCUT2D eigenvalue weighted by Crippen LogP contribution is -2.24. The average Bonchev–Trinajstić information content (AvgIpc) is 2.13. The summed E-state index contributed by atoms with van der Waals surface area (Å²) in [6, 6.07) is 0. The molecule has 0 aromatic heterocycles. The molecule has 0 aromatic rings. The maximum absolute atomic E-state index is 11.1. The Hall–Kier alpha value is -1.01. The number of unbranched alkanes of at least 4 members (excludes halogenated alkanes) is 2. The van der Waals surface area contributed by atoms with E-state index in [0.717, 1.165) is 25.7 Å². The number of rotatable bonds is 7. The Kier molecular flexibility index (Phi) is 8.38. The van der Waals surface area contributed by atoms with Gasteiger partial charge in [0.25, 0.3) is 0 Å². The molecule has 0 saturated heterocycles. The quantitative estimate of drug-likeness (QED) is 0.448. The molecule has 0 aliphatic carbocycles. The Morgan fingerprint density at radius 2 is 2.15 bits per heavy atom. The van der Waals surface area contributed by atoms with Crippen molar-refractivity contribution >= 4 is 5.91 Å². The van der Waals surface area contributed by atoms with Gasteiger partial charge in [0, 0.05) is 19.4 Å². The Morgan fingerprint density at radius 1 is 1.38 bits per heavy atom. The number of carbonyl (C=O) groups is 1. The largest absolute Gasteiger partial charge is 0.356 e. The van der Waals surface area contributed by atoms with E-state index in [1.54, 1.807) is 0 Å². The van der Waals surface area contributed by atoms with Gasteiger partial charge in [-0.2, -0.15) is 0 Å². The highest BCUT2D eigenvalue weighted by atomic mass is 16.1. The first-order chi connectivity index (χ1) is 6.31. The van der Waals surface area contributed by atoms with Crippen LogP contribution in [0.1, 0.15) is 32.1 Å². The summed E-state index contributed by atoms with van der Waals surface area (Å²) in [6.07, 6.45) is 9.02. The third-order valence-corrected chi connectivity index (χ3v) is 1.68. The van der Waals surface area contributed by atoms with Crippen molar-refractivity contribution in [3.05, 3.63) is 0 Å². The van der Waals surface area contributed by atoms with Gasteiger partial charge < -0.3 is 11.1 Å². The van der Waals surface area contributed by atoms with Crippen LogP contribution < -0.4 is 11.1 Å². The van der Waals surface area contributed by atoms with E-state index in [1.807, 2.05) is 0 Å². The fraction of sp³-hybridized carbons (Fsp3) is 0.700. The number of nitrogens with one attached hydrogen (secondary N) is 1. The van der Waals surface area contributed by atoms with E-state index in [4.69, 9.17) is 12.2 Å². The van der Waals surface area contributed by atoms with Crippen LogP contribution in [-0.4, -0.2) is 19.0 Å². The van der Waals surface area contributed by atoms with Crippen molar-refractivity contribution in [2.45, 2.75) is 32.1 Å². The smallest absolute Gasteiger partial charge is 0.219 e. The van der Waals surface area contributed by atoms with Gasteiger partial charge >= 0.3 is 0 Å². The maximum atomic E-state index is 11.1. The van der Waals surface area contributed by atoms with E-state index in [1.165, 1.54) is 0 Å². The van der Waals surface area contributed by atoms with Gasteiger partial charge in [-0.25, -0.2) is 0 Å². The van der Waals surface area contributed by atoms with E-state index in [-0.39, 0.29) is 5.91 Å². The molecule has 0 aromatic carbocycles. The third-order valence-electron chi connectivity index (χ3n) is 1.68. The van der Waals surface area contributed by atoms with Crippen LogP contribution >= 0.6 is 0 Å². The van der Waals surface area contributed by atoms with E-state index in [2.05, 4.69) is 11.2 Å². The summed E-state index contributed by atoms with van der Waals surface area (Å²) in [5.41, 5.74) is 5.30. The molecule has 74 valence electrons. The molecule has 3 N–H and O–H groups in total. The van der Waals surface area contributed by atoms with Gasteiger partial charge in [-0.05, 0) is 25.8 Å². The first-order valence-corrected chi connectivity index (χ1v) is 4.71. The molecule has 0 aliphatic rings. The molecule has 0 atom stereocenters. The molecule has 3 nitrogen and oxygen atoms in total. The number of nitrogens with two attached hydrogens (primary N) is 1. The van der Waals surface area contributed by atoms with E-state index < -0.39 is 0 Å². The van der Waals surface area contributed by atoms with Crippen LogP contribution in [0.5, 0.6) is 0 Å². The Balaban J connectivity index is 3.16. The van der Waals surface area contributed by atoms with Crippen molar-refractivity contribution in [3.8, 4) is 12.3 Å². The van der Waals surface area contributed by atoms with Crippen molar-refractivity contribution in [1.29, 1.82) is 0 Å². The second kappa shape index (κ2) is 9.08. The Morgan fingerprint density at radius 3 is 2.77 bits per heavy atom. The lowest BCUT2D eigenvalue weighted by molar-refractivity contribution is -0.121. The molecule has 0 rings (SSSR count). The van der Waals surface area contributed by atoms with Gasteiger partial charge in [0.1, 0.15) is 0 Å². The summed E-state index contributed by atoms with van der Waals surface area (Å²) in [6.45, 7) is 1.34. The summed E-state index contributed by atoms with van der Waals surface area (Å²) in [5.74, 6) is 2.63. The zero-order valence-electron chi connectivity index (χ0n) is 8.01. The number of hydrogen-bond acceptors (Lipinski definition) is 2. The number of terminal acetylenes is 1. The predicted molar refractivity (Wildman–Crippen MR) is 54.0 cm³/mol. The normalized spacial score (nSPS) is 9.23. The summed E-state index contributed by atoms with van der Waals surface area (Å²) in [5, 5.41) is 2.80. The lowest BCUT2D eigenvalue weighted by Gasteiger charge is -2.02. The van der Waals surface area contributed by atoms with E-state index in [0.29, 0.717) is 19.5 Å². The zero-order chi connectivity index (χ0) is 9.94.